The van der Waals surface area contributed by atoms with Gasteiger partial charge in [-0.3, -0.25) is 9.36 Å². The number of nitrogens with zero attached hydrogens (tertiary/aromatic N) is 2. The smallest absolute Gasteiger partial charge is 0.405 e. The lowest BCUT2D eigenvalue weighted by molar-refractivity contribution is 0.0831. The van der Waals surface area contributed by atoms with E-state index in [4.69, 9.17) is 9.84 Å². The van der Waals surface area contributed by atoms with E-state index in [9.17, 15) is 9.59 Å². The number of methoxy groups -OCH3 is 1. The average Bonchev–Trinajstić information content (AvgIpc) is 2.94. The Morgan fingerprint density at radius 2 is 2.00 bits per heavy atom. The van der Waals surface area contributed by atoms with Gasteiger partial charge in [-0.25, -0.2) is 4.79 Å². The molecule has 1 aromatic heterocycles. The molecule has 1 atom stereocenters. The van der Waals surface area contributed by atoms with E-state index in [0.717, 1.165) is 35.2 Å². The molecule has 1 amide bonds. The second-order valence-corrected chi connectivity index (χ2v) is 6.97. The van der Waals surface area contributed by atoms with Crippen LogP contribution >= 0.6 is 0 Å². The van der Waals surface area contributed by atoms with Gasteiger partial charge in [0.1, 0.15) is 11.8 Å². The Kier molecular flexibility index (Phi) is 6.26. The Morgan fingerprint density at radius 3 is 2.54 bits per heavy atom. The molecule has 0 aliphatic rings. The summed E-state index contributed by atoms with van der Waals surface area (Å²) < 4.78 is 6.87. The number of ether oxygens (including phenoxy) is 1. The Labute approximate surface area is 153 Å². The highest BCUT2D eigenvalue weighted by Crippen LogP contribution is 2.27. The lowest BCUT2D eigenvalue weighted by atomic mass is 10.0. The van der Waals surface area contributed by atoms with E-state index in [-0.39, 0.29) is 11.8 Å². The van der Waals surface area contributed by atoms with Crippen molar-refractivity contribution in [3.05, 3.63) is 30.0 Å². The van der Waals surface area contributed by atoms with Crippen molar-refractivity contribution in [3.8, 4) is 5.75 Å². The van der Waals surface area contributed by atoms with E-state index < -0.39 is 12.1 Å². The number of amides is 1. The molecule has 1 heterocycles. The van der Waals surface area contributed by atoms with Crippen LogP contribution in [0.5, 0.6) is 5.75 Å². The van der Waals surface area contributed by atoms with Crippen molar-refractivity contribution in [2.24, 2.45) is 5.92 Å². The number of nitrogens with one attached hydrogen (secondary N) is 1. The zero-order valence-electron chi connectivity index (χ0n) is 15.9. The van der Waals surface area contributed by atoms with Gasteiger partial charge >= 0.3 is 6.09 Å². The first-order chi connectivity index (χ1) is 12.2. The van der Waals surface area contributed by atoms with E-state index in [0.29, 0.717) is 0 Å². The molecule has 0 saturated carbocycles. The molecule has 7 nitrogen and oxygen atoms in total. The van der Waals surface area contributed by atoms with Crippen LogP contribution in [0.3, 0.4) is 0 Å². The molecular weight excluding hydrogens is 334 g/mol. The predicted octanol–water partition coefficient (Wildman–Crippen LogP) is 2.69. The molecule has 0 saturated heterocycles. The number of rotatable bonds is 7. The summed E-state index contributed by atoms with van der Waals surface area (Å²) in [6, 6.07) is 4.74. The summed E-state index contributed by atoms with van der Waals surface area (Å²) in [6.07, 6.45) is 1.38. The number of aromatic nitrogens is 1. The maximum Gasteiger partial charge on any atom is 0.405 e. The molecule has 1 aromatic carbocycles. The topological polar surface area (TPSA) is 83.8 Å². The fraction of sp³-hybridized carbons (Fsp3) is 0.474. The Bertz CT molecular complexity index is 795. The van der Waals surface area contributed by atoms with Gasteiger partial charge in [-0.05, 0) is 50.2 Å². The third-order valence-corrected chi connectivity index (χ3v) is 4.37. The molecule has 2 N–H and O–H groups in total. The van der Waals surface area contributed by atoms with Crippen LogP contribution in [0.25, 0.3) is 10.9 Å². The second-order valence-electron chi connectivity index (χ2n) is 6.97. The maximum absolute atomic E-state index is 13.0. The largest absolute Gasteiger partial charge is 0.497 e. The van der Waals surface area contributed by atoms with E-state index in [1.807, 2.05) is 46.3 Å². The minimum absolute atomic E-state index is 0.167. The first-order valence-corrected chi connectivity index (χ1v) is 8.61. The fourth-order valence-corrected chi connectivity index (χ4v) is 2.93. The normalized spacial score (nSPS) is 12.6. The summed E-state index contributed by atoms with van der Waals surface area (Å²) in [7, 11) is 5.60. The van der Waals surface area contributed by atoms with Crippen LogP contribution in [0.15, 0.2) is 24.4 Å². The highest BCUT2D eigenvalue weighted by atomic mass is 16.5. The van der Waals surface area contributed by atoms with Crippen LogP contribution in [-0.4, -0.2) is 60.4 Å². The average molecular weight is 361 g/mol. The van der Waals surface area contributed by atoms with Gasteiger partial charge in [0.05, 0.1) is 12.6 Å². The number of carbonyl (C=O) groups excluding carboxylic acids is 1. The lowest BCUT2D eigenvalue weighted by Crippen LogP contribution is -2.45. The summed E-state index contributed by atoms with van der Waals surface area (Å²) in [6.45, 7) is 4.48. The first kappa shape index (κ1) is 19.8. The molecular formula is C19H27N3O4. The molecule has 7 heteroatoms. The van der Waals surface area contributed by atoms with Gasteiger partial charge in [-0.15, -0.1) is 0 Å². The van der Waals surface area contributed by atoms with Crippen LogP contribution in [0.1, 0.15) is 24.2 Å². The number of carboxylic acid groups (broad SMARTS) is 1. The van der Waals surface area contributed by atoms with Crippen LogP contribution in [0.2, 0.25) is 0 Å². The van der Waals surface area contributed by atoms with Crippen LogP contribution in [-0.2, 0) is 6.42 Å². The van der Waals surface area contributed by atoms with Gasteiger partial charge < -0.3 is 20.1 Å². The van der Waals surface area contributed by atoms with Gasteiger partial charge in [0, 0.05) is 18.1 Å². The third-order valence-electron chi connectivity index (χ3n) is 4.37. The molecule has 26 heavy (non-hydrogen) atoms. The number of hydrogen-bond acceptors (Lipinski definition) is 4. The zero-order chi connectivity index (χ0) is 19.4. The minimum Gasteiger partial charge on any atom is -0.497 e. The zero-order valence-corrected chi connectivity index (χ0v) is 15.9. The molecule has 142 valence electrons. The van der Waals surface area contributed by atoms with E-state index in [1.165, 1.54) is 0 Å². The summed E-state index contributed by atoms with van der Waals surface area (Å²) in [5.41, 5.74) is 1.78. The second kappa shape index (κ2) is 8.23. The van der Waals surface area contributed by atoms with Gasteiger partial charge in [-0.1, -0.05) is 13.8 Å². The van der Waals surface area contributed by atoms with Crippen molar-refractivity contribution in [2.45, 2.75) is 26.3 Å². The van der Waals surface area contributed by atoms with Gasteiger partial charge in [0.25, 0.3) is 5.91 Å². The summed E-state index contributed by atoms with van der Waals surface area (Å²) in [4.78, 5) is 26.2. The Hall–Kier alpha value is -2.54. The molecule has 2 rings (SSSR count). The molecule has 0 bridgehead atoms. The summed E-state index contributed by atoms with van der Waals surface area (Å²) in [5.74, 6) is 0.270. The summed E-state index contributed by atoms with van der Waals surface area (Å²) >= 11 is 0. The van der Waals surface area contributed by atoms with Crippen LogP contribution in [0, 0.1) is 5.92 Å². The highest BCUT2D eigenvalue weighted by molar-refractivity contribution is 5.98. The number of hydrogen-bond donors (Lipinski definition) is 2. The van der Waals surface area contributed by atoms with Crippen molar-refractivity contribution >= 4 is 22.9 Å². The molecule has 0 aliphatic carbocycles. The molecule has 0 fully saturated rings. The Morgan fingerprint density at radius 1 is 1.31 bits per heavy atom. The van der Waals surface area contributed by atoms with E-state index >= 15 is 0 Å². The fourth-order valence-electron chi connectivity index (χ4n) is 2.93. The molecule has 0 spiro atoms. The van der Waals surface area contributed by atoms with Crippen molar-refractivity contribution in [2.75, 3.05) is 27.7 Å². The van der Waals surface area contributed by atoms with E-state index in [1.54, 1.807) is 17.7 Å². The highest BCUT2D eigenvalue weighted by Gasteiger charge is 2.27. The van der Waals surface area contributed by atoms with Crippen molar-refractivity contribution in [1.82, 2.24) is 14.8 Å². The number of benzene rings is 1. The molecule has 1 unspecified atom stereocenters. The third kappa shape index (κ3) is 4.35. The quantitative estimate of drug-likeness (QED) is 0.792. The van der Waals surface area contributed by atoms with Crippen molar-refractivity contribution in [1.29, 1.82) is 0 Å². The van der Waals surface area contributed by atoms with Crippen LogP contribution < -0.4 is 10.1 Å². The number of fused-ring (bicyclic) bond motifs is 1. The SMILES string of the molecule is COc1ccc2c(c1)c(CCN(C)C)cn2C(=O)C(NC(=O)O)C(C)C. The first-order valence-electron chi connectivity index (χ1n) is 8.61. The monoisotopic (exact) mass is 361 g/mol. The molecule has 0 aliphatic heterocycles. The standard InChI is InChI=1S/C19H27N3O4/c1-12(2)17(20-19(24)25)18(23)22-11-13(8-9-21(3)4)15-10-14(26-5)6-7-16(15)22/h6-7,10-12,17,20H,8-9H2,1-5H3,(H,24,25). The van der Waals surface area contributed by atoms with Gasteiger partial charge in [0.2, 0.25) is 0 Å². The number of carbonyl (C=O) groups is 2. The molecule has 2 aromatic rings. The Balaban J connectivity index is 2.51. The number of likely N-dealkylation sites (N-methyl/N-ethyl adjacent to an activating group) is 1. The predicted molar refractivity (Wildman–Crippen MR) is 101 cm³/mol. The van der Waals surface area contributed by atoms with Gasteiger partial charge in [-0.2, -0.15) is 0 Å². The van der Waals surface area contributed by atoms with Crippen LogP contribution in [0.4, 0.5) is 4.79 Å². The van der Waals surface area contributed by atoms with Crippen molar-refractivity contribution in [3.63, 3.8) is 0 Å². The van der Waals surface area contributed by atoms with E-state index in [2.05, 4.69) is 10.2 Å². The van der Waals surface area contributed by atoms with Crippen molar-refractivity contribution < 1.29 is 19.4 Å². The summed E-state index contributed by atoms with van der Waals surface area (Å²) in [5, 5.41) is 12.3. The lowest BCUT2D eigenvalue weighted by Gasteiger charge is -2.20. The van der Waals surface area contributed by atoms with Gasteiger partial charge in [0.15, 0.2) is 0 Å². The molecule has 0 radical (unpaired) electrons. The minimum atomic E-state index is -1.21. The maximum atomic E-state index is 13.0.